The van der Waals surface area contributed by atoms with Crippen LogP contribution in [0.25, 0.3) is 16.9 Å². The summed E-state index contributed by atoms with van der Waals surface area (Å²) in [6, 6.07) is 26.0. The van der Waals surface area contributed by atoms with Gasteiger partial charge in [-0.1, -0.05) is 84.4 Å². The average Bonchev–Trinajstić information content (AvgIpc) is 3.23. The molecule has 8 heteroatoms. The van der Waals surface area contributed by atoms with Crippen LogP contribution in [0.5, 0.6) is 0 Å². The number of carbonyl (C=O) groups is 3. The Morgan fingerprint density at radius 3 is 2.11 bits per heavy atom. The lowest BCUT2D eigenvalue weighted by atomic mass is 9.93. The van der Waals surface area contributed by atoms with Gasteiger partial charge in [0.15, 0.2) is 11.5 Å². The second-order valence-corrected chi connectivity index (χ2v) is 8.79. The van der Waals surface area contributed by atoms with Crippen molar-refractivity contribution in [3.8, 4) is 11.1 Å². The number of Topliss-reactive ketones (excluding diaryl/α,β-unsaturated/α-hetero) is 1. The summed E-state index contributed by atoms with van der Waals surface area (Å²) in [4.78, 5) is 39.7. The van der Waals surface area contributed by atoms with E-state index in [0.29, 0.717) is 11.1 Å². The minimum atomic E-state index is -0.973. The van der Waals surface area contributed by atoms with Crippen LogP contribution < -0.4 is 4.90 Å². The van der Waals surface area contributed by atoms with E-state index in [1.807, 2.05) is 73.7 Å². The van der Waals surface area contributed by atoms with Crippen molar-refractivity contribution in [2.45, 2.75) is 13.0 Å². The number of hydrogen-bond donors (Lipinski definition) is 1. The van der Waals surface area contributed by atoms with E-state index in [1.165, 1.54) is 24.1 Å². The molecule has 188 valence electrons. The van der Waals surface area contributed by atoms with Gasteiger partial charge < -0.3 is 9.84 Å². The molecule has 2 heterocycles. The molecule has 0 radical (unpaired) electrons. The quantitative estimate of drug-likeness (QED) is 0.178. The number of benzene rings is 3. The van der Waals surface area contributed by atoms with Crippen LogP contribution in [-0.2, 0) is 14.3 Å². The number of esters is 1. The van der Waals surface area contributed by atoms with Gasteiger partial charge in [-0.15, -0.1) is 10.2 Å². The molecule has 1 aliphatic heterocycles. The van der Waals surface area contributed by atoms with Gasteiger partial charge in [-0.3, -0.25) is 14.5 Å². The summed E-state index contributed by atoms with van der Waals surface area (Å²) in [6.45, 7) is 1.91. The van der Waals surface area contributed by atoms with Gasteiger partial charge in [0.25, 0.3) is 5.78 Å². The predicted molar refractivity (Wildman–Crippen MR) is 141 cm³/mol. The highest BCUT2D eigenvalue weighted by Crippen LogP contribution is 2.42. The zero-order chi connectivity index (χ0) is 26.8. The lowest BCUT2D eigenvalue weighted by molar-refractivity contribution is -0.132. The van der Waals surface area contributed by atoms with Gasteiger partial charge in [0.2, 0.25) is 0 Å². The minimum Gasteiger partial charge on any atom is -0.507 e. The van der Waals surface area contributed by atoms with Crippen LogP contribution in [-0.4, -0.2) is 40.1 Å². The van der Waals surface area contributed by atoms with Crippen molar-refractivity contribution < 1.29 is 24.2 Å². The fourth-order valence-corrected chi connectivity index (χ4v) is 4.41. The molecule has 5 rings (SSSR count). The number of carbonyl (C=O) groups excluding carboxylic acids is 3. The average molecular weight is 506 g/mol. The number of anilines is 1. The summed E-state index contributed by atoms with van der Waals surface area (Å²) < 4.78 is 4.67. The highest BCUT2D eigenvalue weighted by molar-refractivity contribution is 6.51. The van der Waals surface area contributed by atoms with Gasteiger partial charge in [0.05, 0.1) is 18.7 Å². The molecule has 8 nitrogen and oxygen atoms in total. The van der Waals surface area contributed by atoms with Crippen LogP contribution in [0.3, 0.4) is 0 Å². The van der Waals surface area contributed by atoms with Crippen LogP contribution in [0.1, 0.15) is 33.2 Å². The maximum absolute atomic E-state index is 13.3. The number of hydrogen-bond acceptors (Lipinski definition) is 7. The molecule has 1 unspecified atom stereocenters. The summed E-state index contributed by atoms with van der Waals surface area (Å²) in [7, 11) is 1.22. The van der Waals surface area contributed by atoms with E-state index in [2.05, 4.69) is 14.9 Å². The first-order valence-corrected chi connectivity index (χ1v) is 11.8. The molecule has 0 spiro atoms. The maximum atomic E-state index is 13.3. The highest BCUT2D eigenvalue weighted by Gasteiger charge is 2.47. The normalized spacial score (nSPS) is 16.5. The number of aromatic nitrogens is 2. The van der Waals surface area contributed by atoms with Crippen molar-refractivity contribution in [3.05, 3.63) is 119 Å². The van der Waals surface area contributed by atoms with Crippen LogP contribution in [0.15, 0.2) is 96.6 Å². The molecule has 1 amide bonds. The fourth-order valence-electron chi connectivity index (χ4n) is 4.41. The monoisotopic (exact) mass is 505 g/mol. The zero-order valence-corrected chi connectivity index (χ0v) is 20.7. The van der Waals surface area contributed by atoms with Gasteiger partial charge in [-0.25, -0.2) is 4.79 Å². The van der Waals surface area contributed by atoms with Crippen molar-refractivity contribution in [1.82, 2.24) is 10.2 Å². The molecule has 4 aromatic rings. The van der Waals surface area contributed by atoms with E-state index in [0.717, 1.165) is 16.7 Å². The molecule has 1 atom stereocenters. The lowest BCUT2D eigenvalue weighted by Gasteiger charge is -2.24. The van der Waals surface area contributed by atoms with E-state index in [9.17, 15) is 19.5 Å². The third-order valence-corrected chi connectivity index (χ3v) is 6.39. The molecular formula is C30H23N3O5. The summed E-state index contributed by atoms with van der Waals surface area (Å²) >= 11 is 0. The number of nitrogens with zero attached hydrogens (tertiary/aromatic N) is 3. The molecule has 1 aliphatic rings. The number of amides is 1. The van der Waals surface area contributed by atoms with Crippen molar-refractivity contribution in [3.63, 3.8) is 0 Å². The predicted octanol–water partition coefficient (Wildman–Crippen LogP) is 4.86. The van der Waals surface area contributed by atoms with E-state index in [-0.39, 0.29) is 22.8 Å². The Morgan fingerprint density at radius 2 is 1.50 bits per heavy atom. The molecule has 1 aromatic heterocycles. The number of methoxy groups -OCH3 is 1. The van der Waals surface area contributed by atoms with Crippen LogP contribution in [0.2, 0.25) is 0 Å². The summed E-state index contributed by atoms with van der Waals surface area (Å²) in [5, 5.41) is 19.2. The second-order valence-electron chi connectivity index (χ2n) is 8.79. The largest absolute Gasteiger partial charge is 0.507 e. The number of aliphatic hydroxyl groups excluding tert-OH is 1. The van der Waals surface area contributed by atoms with Gasteiger partial charge in [-0.05, 0) is 35.7 Å². The number of ether oxygens (including phenoxy) is 1. The van der Waals surface area contributed by atoms with E-state index < -0.39 is 23.7 Å². The van der Waals surface area contributed by atoms with E-state index >= 15 is 0 Å². The van der Waals surface area contributed by atoms with Gasteiger partial charge in [-0.2, -0.15) is 0 Å². The number of rotatable bonds is 5. The van der Waals surface area contributed by atoms with Gasteiger partial charge in [0, 0.05) is 5.56 Å². The van der Waals surface area contributed by atoms with E-state index in [1.54, 1.807) is 12.1 Å². The summed E-state index contributed by atoms with van der Waals surface area (Å²) in [5.74, 6) is -2.63. The topological polar surface area (TPSA) is 110 Å². The van der Waals surface area contributed by atoms with Crippen LogP contribution in [0.4, 0.5) is 5.82 Å². The van der Waals surface area contributed by atoms with Crippen molar-refractivity contribution in [2.24, 2.45) is 0 Å². The molecule has 0 bridgehead atoms. The Bertz CT molecular complexity index is 1540. The molecule has 1 saturated heterocycles. The second kappa shape index (κ2) is 10.1. The Morgan fingerprint density at radius 1 is 0.842 bits per heavy atom. The van der Waals surface area contributed by atoms with E-state index in [4.69, 9.17) is 0 Å². The minimum absolute atomic E-state index is 0.0451. The van der Waals surface area contributed by atoms with Gasteiger partial charge in [0.1, 0.15) is 5.76 Å². The molecule has 3 aromatic carbocycles. The van der Waals surface area contributed by atoms with Crippen molar-refractivity contribution >= 4 is 29.2 Å². The summed E-state index contributed by atoms with van der Waals surface area (Å²) in [5.41, 5.74) is 3.84. The molecule has 1 N–H and O–H groups in total. The SMILES string of the molecule is COC(=O)c1ccc(N2C(=O)C(=O)/C(=C(\O)c3ccc(C)cc3)C2c2ccc(-c3ccccc3)cc2)nn1. The Kier molecular flexibility index (Phi) is 6.53. The lowest BCUT2D eigenvalue weighted by Crippen LogP contribution is -2.30. The molecule has 0 saturated carbocycles. The Hall–Kier alpha value is -5.11. The number of aryl methyl sites for hydroxylation is 1. The Labute approximate surface area is 218 Å². The summed E-state index contributed by atoms with van der Waals surface area (Å²) in [6.07, 6.45) is 0. The molecule has 0 aliphatic carbocycles. The smallest absolute Gasteiger partial charge is 0.358 e. The first kappa shape index (κ1) is 24.6. The van der Waals surface area contributed by atoms with Crippen molar-refractivity contribution in [1.29, 1.82) is 0 Å². The molecule has 38 heavy (non-hydrogen) atoms. The third kappa shape index (κ3) is 4.43. The Balaban J connectivity index is 1.64. The fraction of sp³-hybridized carbons (Fsp3) is 0.100. The van der Waals surface area contributed by atoms with Crippen LogP contribution >= 0.6 is 0 Å². The first-order chi connectivity index (χ1) is 18.4. The van der Waals surface area contributed by atoms with Crippen LogP contribution in [0, 0.1) is 6.92 Å². The first-order valence-electron chi connectivity index (χ1n) is 11.8. The van der Waals surface area contributed by atoms with Gasteiger partial charge >= 0.3 is 11.9 Å². The van der Waals surface area contributed by atoms with Crippen molar-refractivity contribution in [2.75, 3.05) is 12.0 Å². The zero-order valence-electron chi connectivity index (χ0n) is 20.7. The maximum Gasteiger partial charge on any atom is 0.358 e. The molecular weight excluding hydrogens is 482 g/mol. The highest BCUT2D eigenvalue weighted by atomic mass is 16.5. The standard InChI is InChI=1S/C30H23N3O5/c1-18-8-10-22(11-9-18)27(34)25-26(21-14-12-20(13-15-21)19-6-4-3-5-7-19)33(29(36)28(25)35)24-17-16-23(31-32-24)30(37)38-2/h3-17,26,34H,1-2H3/b27-25-. The number of ketones is 1. The molecule has 1 fully saturated rings. The third-order valence-electron chi connectivity index (χ3n) is 6.39. The number of aliphatic hydroxyl groups is 1.